The number of halogens is 2. The molecule has 5 heteroatoms. The molecule has 0 amide bonds. The summed E-state index contributed by atoms with van der Waals surface area (Å²) in [6.45, 7) is 0. The van der Waals surface area contributed by atoms with E-state index in [-0.39, 0.29) is 11.6 Å². The largest absolute Gasteiger partial charge is 0.361 e. The fraction of sp³-hybridized carbons (Fsp3) is 0. The maximum atomic E-state index is 12.9. The summed E-state index contributed by atoms with van der Waals surface area (Å²) in [6.07, 6.45) is 2.74. The molecule has 0 aliphatic heterocycles. The van der Waals surface area contributed by atoms with Crippen molar-refractivity contribution < 1.29 is 14.0 Å². The van der Waals surface area contributed by atoms with Crippen LogP contribution in [0.3, 0.4) is 0 Å². The lowest BCUT2D eigenvalue weighted by Crippen LogP contribution is -2.05. The zero-order chi connectivity index (χ0) is 19.2. The van der Waals surface area contributed by atoms with Crippen molar-refractivity contribution in [2.45, 2.75) is 0 Å². The van der Waals surface area contributed by atoms with Crippen LogP contribution in [-0.2, 0) is 0 Å². The molecule has 3 aromatic carbocycles. The van der Waals surface area contributed by atoms with E-state index in [0.29, 0.717) is 27.4 Å². The fourth-order valence-corrected chi connectivity index (χ4v) is 2.67. The topological polar surface area (TPSA) is 46.2 Å². The van der Waals surface area contributed by atoms with Gasteiger partial charge >= 0.3 is 0 Å². The summed E-state index contributed by atoms with van der Waals surface area (Å²) in [5.41, 5.74) is 1.83. The maximum Gasteiger partial charge on any atom is 0.195 e. The van der Waals surface area contributed by atoms with Crippen LogP contribution in [0.25, 0.3) is 0 Å². The Hall–Kier alpha value is -3.24. The van der Waals surface area contributed by atoms with E-state index in [4.69, 9.17) is 11.6 Å². The van der Waals surface area contributed by atoms with Crippen LogP contribution in [0.15, 0.2) is 85.1 Å². The highest BCUT2D eigenvalue weighted by molar-refractivity contribution is 6.31. The highest BCUT2D eigenvalue weighted by Crippen LogP contribution is 2.24. The third kappa shape index (κ3) is 4.68. The molecule has 134 valence electrons. The van der Waals surface area contributed by atoms with E-state index in [2.05, 4.69) is 5.32 Å². The number of ketones is 2. The van der Waals surface area contributed by atoms with Gasteiger partial charge in [0.2, 0.25) is 0 Å². The second-order valence-corrected chi connectivity index (χ2v) is 6.17. The molecule has 0 spiro atoms. The molecule has 0 fully saturated rings. The second kappa shape index (κ2) is 8.43. The number of anilines is 1. The highest BCUT2D eigenvalue weighted by atomic mass is 35.5. The fourth-order valence-electron chi connectivity index (χ4n) is 2.50. The summed E-state index contributed by atoms with van der Waals surface area (Å²) in [5, 5.41) is 3.39. The molecular weight excluding hydrogens is 365 g/mol. The van der Waals surface area contributed by atoms with E-state index in [1.165, 1.54) is 36.5 Å². The number of rotatable bonds is 6. The maximum absolute atomic E-state index is 12.9. The van der Waals surface area contributed by atoms with Crippen LogP contribution in [0.4, 0.5) is 10.1 Å². The van der Waals surface area contributed by atoms with Gasteiger partial charge in [-0.3, -0.25) is 9.59 Å². The quantitative estimate of drug-likeness (QED) is 0.453. The molecule has 0 aliphatic carbocycles. The third-order valence-corrected chi connectivity index (χ3v) is 4.10. The number of hydrogen-bond donors (Lipinski definition) is 1. The molecule has 0 saturated heterocycles. The molecule has 0 aromatic heterocycles. The van der Waals surface area contributed by atoms with Crippen molar-refractivity contribution >= 4 is 28.9 Å². The standard InChI is InChI=1S/C22H15ClFNO2/c23-17-8-11-19(22(27)16-4-2-1-3-5-16)20(14-17)25-13-12-21(26)15-6-9-18(24)10-7-15/h1-14,25H/b13-12-. The first kappa shape index (κ1) is 18.5. The molecular formula is C22H15ClFNO2. The van der Waals surface area contributed by atoms with E-state index < -0.39 is 5.82 Å². The number of benzene rings is 3. The second-order valence-electron chi connectivity index (χ2n) is 5.73. The number of nitrogens with one attached hydrogen (secondary N) is 1. The smallest absolute Gasteiger partial charge is 0.195 e. The normalized spacial score (nSPS) is 10.7. The van der Waals surface area contributed by atoms with Crippen LogP contribution in [0.2, 0.25) is 5.02 Å². The van der Waals surface area contributed by atoms with Gasteiger partial charge in [-0.2, -0.15) is 0 Å². The Bertz CT molecular complexity index is 999. The van der Waals surface area contributed by atoms with Crippen molar-refractivity contribution in [3.8, 4) is 0 Å². The van der Waals surface area contributed by atoms with Crippen LogP contribution >= 0.6 is 11.6 Å². The number of hydrogen-bond acceptors (Lipinski definition) is 3. The molecule has 3 rings (SSSR count). The first-order chi connectivity index (χ1) is 13.0. The molecule has 0 unspecified atom stereocenters. The lowest BCUT2D eigenvalue weighted by molar-refractivity contribution is 0.103. The predicted molar refractivity (Wildman–Crippen MR) is 105 cm³/mol. The van der Waals surface area contributed by atoms with Gasteiger partial charge in [0.1, 0.15) is 5.82 Å². The van der Waals surface area contributed by atoms with E-state index in [0.717, 1.165) is 0 Å². The van der Waals surface area contributed by atoms with Crippen LogP contribution in [-0.4, -0.2) is 11.6 Å². The Morgan fingerprint density at radius 2 is 1.59 bits per heavy atom. The Balaban J connectivity index is 1.80. The molecule has 3 aromatic rings. The zero-order valence-electron chi connectivity index (χ0n) is 14.2. The van der Waals surface area contributed by atoms with Gasteiger partial charge < -0.3 is 5.32 Å². The molecule has 0 aliphatic rings. The van der Waals surface area contributed by atoms with Gasteiger partial charge in [-0.1, -0.05) is 41.9 Å². The van der Waals surface area contributed by atoms with E-state index in [9.17, 15) is 14.0 Å². The average Bonchev–Trinajstić information content (AvgIpc) is 2.69. The molecule has 0 saturated carbocycles. The van der Waals surface area contributed by atoms with Crippen LogP contribution < -0.4 is 5.32 Å². The van der Waals surface area contributed by atoms with Crippen molar-refractivity contribution in [3.63, 3.8) is 0 Å². The van der Waals surface area contributed by atoms with Crippen molar-refractivity contribution in [2.75, 3.05) is 5.32 Å². The minimum atomic E-state index is -0.406. The van der Waals surface area contributed by atoms with E-state index >= 15 is 0 Å². The first-order valence-electron chi connectivity index (χ1n) is 8.17. The zero-order valence-corrected chi connectivity index (χ0v) is 14.9. The average molecular weight is 380 g/mol. The summed E-state index contributed by atoms with van der Waals surface area (Å²) in [6, 6.07) is 19.0. The van der Waals surface area contributed by atoms with Gasteiger partial charge in [0, 0.05) is 34.0 Å². The summed E-state index contributed by atoms with van der Waals surface area (Å²) in [7, 11) is 0. The summed E-state index contributed by atoms with van der Waals surface area (Å²) < 4.78 is 12.9. The first-order valence-corrected chi connectivity index (χ1v) is 8.54. The molecule has 0 atom stereocenters. The minimum Gasteiger partial charge on any atom is -0.361 e. The molecule has 27 heavy (non-hydrogen) atoms. The Morgan fingerprint density at radius 3 is 2.30 bits per heavy atom. The van der Waals surface area contributed by atoms with Gasteiger partial charge in [-0.15, -0.1) is 0 Å². The van der Waals surface area contributed by atoms with E-state index in [1.54, 1.807) is 42.5 Å². The molecule has 0 bridgehead atoms. The monoisotopic (exact) mass is 379 g/mol. The Morgan fingerprint density at radius 1 is 0.889 bits per heavy atom. The Labute approximate surface area is 161 Å². The minimum absolute atomic E-state index is 0.159. The van der Waals surface area contributed by atoms with Gasteiger partial charge in [0.15, 0.2) is 11.6 Å². The van der Waals surface area contributed by atoms with Crippen molar-refractivity contribution in [3.05, 3.63) is 113 Å². The van der Waals surface area contributed by atoms with Crippen molar-refractivity contribution in [2.24, 2.45) is 0 Å². The van der Waals surface area contributed by atoms with Gasteiger partial charge in [0.25, 0.3) is 0 Å². The number of carbonyl (C=O) groups excluding carboxylic acids is 2. The molecule has 1 N–H and O–H groups in total. The summed E-state index contributed by atoms with van der Waals surface area (Å²) in [5.74, 6) is -0.856. The van der Waals surface area contributed by atoms with Gasteiger partial charge in [0.05, 0.1) is 5.69 Å². The Kier molecular flexibility index (Phi) is 5.79. The number of carbonyl (C=O) groups is 2. The van der Waals surface area contributed by atoms with Gasteiger partial charge in [-0.05, 0) is 42.5 Å². The third-order valence-electron chi connectivity index (χ3n) is 3.86. The van der Waals surface area contributed by atoms with Crippen LogP contribution in [0, 0.1) is 5.82 Å². The molecule has 0 heterocycles. The molecule has 3 nitrogen and oxygen atoms in total. The van der Waals surface area contributed by atoms with Crippen LogP contribution in [0.1, 0.15) is 26.3 Å². The van der Waals surface area contributed by atoms with E-state index in [1.807, 2.05) is 6.07 Å². The lowest BCUT2D eigenvalue weighted by atomic mass is 10.0. The predicted octanol–water partition coefficient (Wildman–Crippen LogP) is 5.52. The summed E-state index contributed by atoms with van der Waals surface area (Å²) >= 11 is 6.04. The van der Waals surface area contributed by atoms with Crippen LogP contribution in [0.5, 0.6) is 0 Å². The SMILES string of the molecule is O=C(/C=C\Nc1cc(Cl)ccc1C(=O)c1ccccc1)c1ccc(F)cc1. The van der Waals surface area contributed by atoms with Crippen molar-refractivity contribution in [1.29, 1.82) is 0 Å². The number of allylic oxidation sites excluding steroid dienone is 1. The van der Waals surface area contributed by atoms with Crippen molar-refractivity contribution in [1.82, 2.24) is 0 Å². The summed E-state index contributed by atoms with van der Waals surface area (Å²) in [4.78, 5) is 24.8. The highest BCUT2D eigenvalue weighted by Gasteiger charge is 2.13. The lowest BCUT2D eigenvalue weighted by Gasteiger charge is -2.09. The van der Waals surface area contributed by atoms with Gasteiger partial charge in [-0.25, -0.2) is 4.39 Å². The molecule has 0 radical (unpaired) electrons.